The van der Waals surface area contributed by atoms with Gasteiger partial charge in [0.25, 0.3) is 0 Å². The fourth-order valence-corrected chi connectivity index (χ4v) is 3.52. The Bertz CT molecular complexity index is 973. The average Bonchev–Trinajstić information content (AvgIpc) is 2.78. The molecule has 0 bridgehead atoms. The van der Waals surface area contributed by atoms with Gasteiger partial charge in [0, 0.05) is 40.7 Å². The molecule has 4 rings (SSSR count). The Morgan fingerprint density at radius 3 is 2.69 bits per heavy atom. The Hall–Kier alpha value is -2.85. The molecule has 2 heterocycles. The number of nitrogens with two attached hydrogens (primary N) is 1. The number of fused-ring (bicyclic) bond motifs is 3. The third kappa shape index (κ3) is 2.82. The maximum Gasteiger partial charge on any atom is 0.146 e. The zero-order chi connectivity index (χ0) is 18.3. The number of nitrogen functional groups attached to an aromatic ring is 1. The monoisotopic (exact) mass is 363 g/mol. The molecule has 2 N–H and O–H groups in total. The minimum absolute atomic E-state index is 0.273. The van der Waals surface area contributed by atoms with Crippen LogP contribution < -0.4 is 5.73 Å². The fraction of sp³-hybridized carbons (Fsp3) is 0.143. The highest BCUT2D eigenvalue weighted by molar-refractivity contribution is 6.30. The van der Waals surface area contributed by atoms with Crippen molar-refractivity contribution in [2.24, 2.45) is 4.99 Å². The van der Waals surface area contributed by atoms with Crippen LogP contribution in [0, 0.1) is 0 Å². The van der Waals surface area contributed by atoms with E-state index >= 15 is 0 Å². The lowest BCUT2D eigenvalue weighted by atomic mass is 9.89. The van der Waals surface area contributed by atoms with E-state index in [1.54, 1.807) is 0 Å². The summed E-state index contributed by atoms with van der Waals surface area (Å²) in [7, 11) is 1.90. The molecule has 0 saturated carbocycles. The number of carbonyl (C=O) groups is 1. The summed E-state index contributed by atoms with van der Waals surface area (Å²) >= 11 is 6.04. The predicted octanol–water partition coefficient (Wildman–Crippen LogP) is 3.55. The highest BCUT2D eigenvalue weighted by atomic mass is 35.5. The van der Waals surface area contributed by atoms with Crippen LogP contribution in [0.15, 0.2) is 65.3 Å². The molecule has 0 aliphatic carbocycles. The van der Waals surface area contributed by atoms with E-state index in [9.17, 15) is 4.79 Å². The molecule has 0 radical (unpaired) electrons. The van der Waals surface area contributed by atoms with E-state index in [0.717, 1.165) is 39.8 Å². The van der Waals surface area contributed by atoms with Crippen molar-refractivity contribution in [2.75, 3.05) is 19.3 Å². The van der Waals surface area contributed by atoms with Gasteiger partial charge in [-0.1, -0.05) is 29.8 Å². The average molecular weight is 364 g/mol. The van der Waals surface area contributed by atoms with Crippen LogP contribution in [0.3, 0.4) is 0 Å². The van der Waals surface area contributed by atoms with Crippen molar-refractivity contribution >= 4 is 34.9 Å². The van der Waals surface area contributed by atoms with E-state index in [1.807, 2.05) is 66.7 Å². The van der Waals surface area contributed by atoms with Gasteiger partial charge in [0.05, 0.1) is 12.3 Å². The highest BCUT2D eigenvalue weighted by Gasteiger charge is 2.26. The summed E-state index contributed by atoms with van der Waals surface area (Å²) < 4.78 is 0. The van der Waals surface area contributed by atoms with E-state index in [4.69, 9.17) is 22.3 Å². The van der Waals surface area contributed by atoms with Crippen molar-refractivity contribution in [1.82, 2.24) is 4.90 Å². The SMILES string of the molecule is CN1C=C2C(=CC1C=O)CN=C(c1ccc(Cl)cc1)c1ccc(N)cc12. The van der Waals surface area contributed by atoms with Gasteiger partial charge in [0.1, 0.15) is 12.3 Å². The van der Waals surface area contributed by atoms with Gasteiger partial charge in [-0.25, -0.2) is 0 Å². The summed E-state index contributed by atoms with van der Waals surface area (Å²) in [6.45, 7) is 0.510. The molecule has 0 amide bonds. The number of rotatable bonds is 2. The third-order valence-electron chi connectivity index (χ3n) is 4.77. The lowest BCUT2D eigenvalue weighted by Gasteiger charge is -2.27. The van der Waals surface area contributed by atoms with Crippen LogP contribution in [-0.2, 0) is 4.79 Å². The first-order valence-corrected chi connectivity index (χ1v) is 8.75. The van der Waals surface area contributed by atoms with Crippen LogP contribution in [0.4, 0.5) is 5.69 Å². The Labute approximate surface area is 157 Å². The van der Waals surface area contributed by atoms with E-state index in [-0.39, 0.29) is 6.04 Å². The summed E-state index contributed by atoms with van der Waals surface area (Å²) in [6, 6.07) is 13.3. The predicted molar refractivity (Wildman–Crippen MR) is 106 cm³/mol. The highest BCUT2D eigenvalue weighted by Crippen LogP contribution is 2.35. The molecular weight excluding hydrogens is 346 g/mol. The number of hydrogen-bond donors (Lipinski definition) is 1. The number of carbonyl (C=O) groups excluding carboxylic acids is 1. The standard InChI is InChI=1S/C21H18ClN3O/c1-25-11-20-14(8-17(25)12-26)10-24-21(13-2-4-15(22)5-3-13)18-7-6-16(23)9-19(18)20/h2-9,11-12,17H,10,23H2,1H3. The van der Waals surface area contributed by atoms with Gasteiger partial charge in [0.2, 0.25) is 0 Å². The second-order valence-electron chi connectivity index (χ2n) is 6.50. The van der Waals surface area contributed by atoms with Crippen molar-refractivity contribution < 1.29 is 4.79 Å². The van der Waals surface area contributed by atoms with Gasteiger partial charge < -0.3 is 15.4 Å². The second-order valence-corrected chi connectivity index (χ2v) is 6.94. The number of hydrogen-bond acceptors (Lipinski definition) is 4. The molecule has 0 spiro atoms. The smallest absolute Gasteiger partial charge is 0.146 e. The number of benzene rings is 2. The molecule has 5 heteroatoms. The number of aliphatic imine (C=N–C) groups is 1. The van der Waals surface area contributed by atoms with Gasteiger partial charge >= 0.3 is 0 Å². The summed E-state index contributed by atoms with van der Waals surface area (Å²) in [6.07, 6.45) is 4.92. The maximum absolute atomic E-state index is 11.4. The van der Waals surface area contributed by atoms with Crippen LogP contribution in [0.2, 0.25) is 5.02 Å². The van der Waals surface area contributed by atoms with Crippen LogP contribution in [0.5, 0.6) is 0 Å². The zero-order valence-electron chi connectivity index (χ0n) is 14.3. The lowest BCUT2D eigenvalue weighted by Crippen LogP contribution is -2.30. The molecular formula is C21H18ClN3O. The van der Waals surface area contributed by atoms with Crippen LogP contribution in [0.25, 0.3) is 5.57 Å². The molecule has 26 heavy (non-hydrogen) atoms. The van der Waals surface area contributed by atoms with Crippen molar-refractivity contribution in [3.05, 3.63) is 82.0 Å². The lowest BCUT2D eigenvalue weighted by molar-refractivity contribution is -0.110. The van der Waals surface area contributed by atoms with Crippen molar-refractivity contribution in [3.63, 3.8) is 0 Å². The second kappa shape index (κ2) is 6.46. The molecule has 4 nitrogen and oxygen atoms in total. The van der Waals surface area contributed by atoms with Crippen molar-refractivity contribution in [3.8, 4) is 0 Å². The summed E-state index contributed by atoms with van der Waals surface area (Å²) in [4.78, 5) is 18.1. The molecule has 130 valence electrons. The van der Waals surface area contributed by atoms with Crippen LogP contribution in [0.1, 0.15) is 16.7 Å². The van der Waals surface area contributed by atoms with E-state index < -0.39 is 0 Å². The molecule has 0 fully saturated rings. The normalized spacial score (nSPS) is 18.8. The van der Waals surface area contributed by atoms with Gasteiger partial charge in [-0.2, -0.15) is 0 Å². The van der Waals surface area contributed by atoms with Gasteiger partial charge in [-0.05, 0) is 41.5 Å². The minimum atomic E-state index is -0.273. The largest absolute Gasteiger partial charge is 0.399 e. The molecule has 2 aromatic carbocycles. The minimum Gasteiger partial charge on any atom is -0.399 e. The van der Waals surface area contributed by atoms with Gasteiger partial charge in [0.15, 0.2) is 0 Å². The first kappa shape index (κ1) is 16.6. The summed E-state index contributed by atoms with van der Waals surface area (Å²) in [5.74, 6) is 0. The maximum atomic E-state index is 11.4. The van der Waals surface area contributed by atoms with Crippen LogP contribution >= 0.6 is 11.6 Å². The molecule has 1 atom stereocenters. The van der Waals surface area contributed by atoms with Gasteiger partial charge in [-0.3, -0.25) is 4.99 Å². The number of halogens is 1. The van der Waals surface area contributed by atoms with Crippen molar-refractivity contribution in [2.45, 2.75) is 6.04 Å². The third-order valence-corrected chi connectivity index (χ3v) is 5.03. The van der Waals surface area contributed by atoms with Crippen LogP contribution in [-0.4, -0.2) is 36.5 Å². The first-order valence-electron chi connectivity index (χ1n) is 8.37. The fourth-order valence-electron chi connectivity index (χ4n) is 3.40. The zero-order valence-corrected chi connectivity index (χ0v) is 15.1. The molecule has 0 aromatic heterocycles. The Kier molecular flexibility index (Phi) is 4.13. The van der Waals surface area contributed by atoms with E-state index in [2.05, 4.69) is 0 Å². The first-order chi connectivity index (χ1) is 12.6. The van der Waals surface area contributed by atoms with E-state index in [0.29, 0.717) is 17.3 Å². The Morgan fingerprint density at radius 1 is 1.19 bits per heavy atom. The Balaban J connectivity index is 1.93. The summed E-state index contributed by atoms with van der Waals surface area (Å²) in [5, 5.41) is 0.690. The molecule has 2 aliphatic heterocycles. The van der Waals surface area contributed by atoms with Gasteiger partial charge in [-0.15, -0.1) is 0 Å². The topological polar surface area (TPSA) is 58.7 Å². The van der Waals surface area contributed by atoms with E-state index in [1.165, 1.54) is 0 Å². The molecule has 1 unspecified atom stereocenters. The number of likely N-dealkylation sites (N-methyl/N-ethyl adjacent to an activating group) is 1. The number of aldehydes is 1. The summed E-state index contributed by atoms with van der Waals surface area (Å²) in [5.41, 5.74) is 12.8. The number of anilines is 1. The quantitative estimate of drug-likeness (QED) is 0.655. The number of nitrogens with zero attached hydrogens (tertiary/aromatic N) is 2. The van der Waals surface area contributed by atoms with Crippen molar-refractivity contribution in [1.29, 1.82) is 0 Å². The molecule has 2 aromatic rings. The molecule has 0 saturated heterocycles. The molecule has 2 aliphatic rings. The Morgan fingerprint density at radius 2 is 1.96 bits per heavy atom.